The molecule has 1 aromatic carbocycles. The van der Waals surface area contributed by atoms with E-state index in [2.05, 4.69) is 0 Å². The van der Waals surface area contributed by atoms with Crippen LogP contribution in [0.1, 0.15) is 10.4 Å². The van der Waals surface area contributed by atoms with Crippen molar-refractivity contribution in [3.05, 3.63) is 29.8 Å². The van der Waals surface area contributed by atoms with E-state index in [-0.39, 0.29) is 11.5 Å². The van der Waals surface area contributed by atoms with Gasteiger partial charge in [-0.15, -0.1) is 0 Å². The van der Waals surface area contributed by atoms with E-state index in [9.17, 15) is 9.90 Å². The zero-order valence-corrected chi connectivity index (χ0v) is 11.5. The van der Waals surface area contributed by atoms with Crippen LogP contribution in [0.4, 0.5) is 0 Å². The minimum absolute atomic E-state index is 0.0206. The number of benzene rings is 1. The second kappa shape index (κ2) is 8.63. The molecule has 0 aliphatic rings. The van der Waals surface area contributed by atoms with Gasteiger partial charge in [-0.1, -0.05) is 0 Å². The van der Waals surface area contributed by atoms with Crippen molar-refractivity contribution >= 4 is 5.78 Å². The van der Waals surface area contributed by atoms with E-state index in [4.69, 9.17) is 9.47 Å². The first-order valence-electron chi connectivity index (χ1n) is 6.20. The van der Waals surface area contributed by atoms with Gasteiger partial charge in [-0.3, -0.25) is 9.69 Å². The molecule has 106 valence electrons. The fourth-order valence-corrected chi connectivity index (χ4v) is 1.65. The van der Waals surface area contributed by atoms with E-state index in [0.717, 1.165) is 0 Å². The third-order valence-corrected chi connectivity index (χ3v) is 2.78. The Morgan fingerprint density at radius 1 is 1.11 bits per heavy atom. The Morgan fingerprint density at radius 2 is 1.63 bits per heavy atom. The summed E-state index contributed by atoms with van der Waals surface area (Å²) in [5, 5.41) is 9.20. The van der Waals surface area contributed by atoms with Crippen LogP contribution < -0.4 is 0 Å². The van der Waals surface area contributed by atoms with Gasteiger partial charge < -0.3 is 14.6 Å². The maximum Gasteiger partial charge on any atom is 0.176 e. The zero-order chi connectivity index (χ0) is 14.1. The van der Waals surface area contributed by atoms with Gasteiger partial charge in [0.05, 0.1) is 19.8 Å². The molecule has 0 unspecified atom stereocenters. The molecule has 0 aliphatic heterocycles. The molecular formula is C14H21NO4. The Labute approximate surface area is 113 Å². The fraction of sp³-hybridized carbons (Fsp3) is 0.500. The molecule has 0 radical (unpaired) electrons. The number of ether oxygens (including phenoxy) is 2. The number of ketones is 1. The second-order valence-corrected chi connectivity index (χ2v) is 4.23. The highest BCUT2D eigenvalue weighted by Crippen LogP contribution is 2.10. The molecule has 5 nitrogen and oxygen atoms in total. The molecular weight excluding hydrogens is 246 g/mol. The highest BCUT2D eigenvalue weighted by Gasteiger charge is 2.12. The maximum atomic E-state index is 12.1. The first kappa shape index (κ1) is 15.6. The summed E-state index contributed by atoms with van der Waals surface area (Å²) in [6, 6.07) is 6.29. The summed E-state index contributed by atoms with van der Waals surface area (Å²) in [4.78, 5) is 14.1. The lowest BCUT2D eigenvalue weighted by Crippen LogP contribution is -2.35. The summed E-state index contributed by atoms with van der Waals surface area (Å²) in [6.45, 7) is 2.84. The normalized spacial score (nSPS) is 10.9. The van der Waals surface area contributed by atoms with E-state index in [0.29, 0.717) is 38.4 Å². The van der Waals surface area contributed by atoms with Crippen LogP contribution in [0.15, 0.2) is 24.3 Å². The summed E-state index contributed by atoms with van der Waals surface area (Å²) < 4.78 is 10.1. The Morgan fingerprint density at radius 3 is 2.11 bits per heavy atom. The first-order valence-corrected chi connectivity index (χ1v) is 6.20. The van der Waals surface area contributed by atoms with Gasteiger partial charge in [-0.05, 0) is 24.3 Å². The lowest BCUT2D eigenvalue weighted by molar-refractivity contribution is 0.0837. The third-order valence-electron chi connectivity index (χ3n) is 2.78. The molecule has 0 spiro atoms. The molecule has 0 saturated heterocycles. The number of Topliss-reactive ketones (excluding diaryl/α,β-unsaturated/α-hetero) is 1. The number of phenols is 1. The molecule has 0 aliphatic carbocycles. The molecule has 0 bridgehead atoms. The maximum absolute atomic E-state index is 12.1. The number of carbonyl (C=O) groups is 1. The van der Waals surface area contributed by atoms with Gasteiger partial charge in [0, 0.05) is 32.9 Å². The Kier molecular flexibility index (Phi) is 7.10. The smallest absolute Gasteiger partial charge is 0.176 e. The van der Waals surface area contributed by atoms with Gasteiger partial charge in [0.1, 0.15) is 5.75 Å². The molecule has 0 amide bonds. The first-order chi connectivity index (χ1) is 9.17. The number of phenolic OH excluding ortho intramolecular Hbond substituents is 1. The van der Waals surface area contributed by atoms with E-state index in [1.165, 1.54) is 12.1 Å². The molecule has 1 rings (SSSR count). The molecule has 0 fully saturated rings. The number of rotatable bonds is 9. The zero-order valence-electron chi connectivity index (χ0n) is 11.5. The van der Waals surface area contributed by atoms with Gasteiger partial charge in [0.2, 0.25) is 0 Å². The fourth-order valence-electron chi connectivity index (χ4n) is 1.65. The van der Waals surface area contributed by atoms with Crippen LogP contribution in [0.2, 0.25) is 0 Å². The minimum Gasteiger partial charge on any atom is -0.508 e. The number of hydrogen-bond donors (Lipinski definition) is 1. The van der Waals surface area contributed by atoms with Crippen molar-refractivity contribution in [1.29, 1.82) is 0 Å². The van der Waals surface area contributed by atoms with Crippen LogP contribution in [0.25, 0.3) is 0 Å². The van der Waals surface area contributed by atoms with Crippen LogP contribution in [0.5, 0.6) is 5.75 Å². The van der Waals surface area contributed by atoms with Gasteiger partial charge >= 0.3 is 0 Å². The Hall–Kier alpha value is -1.43. The summed E-state index contributed by atoms with van der Waals surface area (Å²) >= 11 is 0. The minimum atomic E-state index is 0.0206. The summed E-state index contributed by atoms with van der Waals surface area (Å²) in [5.74, 6) is 0.180. The van der Waals surface area contributed by atoms with Crippen molar-refractivity contribution in [3.63, 3.8) is 0 Å². The molecule has 0 aromatic heterocycles. The number of nitrogens with zero attached hydrogens (tertiary/aromatic N) is 1. The predicted octanol–water partition coefficient (Wildman–Crippen LogP) is 1.17. The molecule has 1 aromatic rings. The standard InChI is InChI=1S/C14H21NO4/c1-18-9-7-15(8-10-19-2)11-14(17)12-3-5-13(16)6-4-12/h3-6,16H,7-11H2,1-2H3. The summed E-state index contributed by atoms with van der Waals surface area (Å²) in [6.07, 6.45) is 0. The van der Waals surface area contributed by atoms with Crippen molar-refractivity contribution in [2.75, 3.05) is 47.1 Å². The van der Waals surface area contributed by atoms with E-state index < -0.39 is 0 Å². The monoisotopic (exact) mass is 267 g/mol. The van der Waals surface area contributed by atoms with Gasteiger partial charge in [-0.2, -0.15) is 0 Å². The average Bonchev–Trinajstić information content (AvgIpc) is 2.42. The van der Waals surface area contributed by atoms with Crippen LogP contribution in [0, 0.1) is 0 Å². The molecule has 0 saturated carbocycles. The van der Waals surface area contributed by atoms with Gasteiger partial charge in [0.25, 0.3) is 0 Å². The van der Waals surface area contributed by atoms with Crippen molar-refractivity contribution in [3.8, 4) is 5.75 Å². The SMILES string of the molecule is COCCN(CCOC)CC(=O)c1ccc(O)cc1. The van der Waals surface area contributed by atoms with Crippen molar-refractivity contribution in [2.24, 2.45) is 0 Å². The lowest BCUT2D eigenvalue weighted by atomic mass is 10.1. The van der Waals surface area contributed by atoms with Crippen molar-refractivity contribution in [1.82, 2.24) is 4.90 Å². The van der Waals surface area contributed by atoms with Gasteiger partial charge in [0.15, 0.2) is 5.78 Å². The average molecular weight is 267 g/mol. The highest BCUT2D eigenvalue weighted by atomic mass is 16.5. The van der Waals surface area contributed by atoms with Gasteiger partial charge in [-0.25, -0.2) is 0 Å². The van der Waals surface area contributed by atoms with E-state index in [1.807, 2.05) is 4.90 Å². The molecule has 5 heteroatoms. The Balaban J connectivity index is 2.56. The molecule has 1 N–H and O–H groups in total. The number of methoxy groups -OCH3 is 2. The molecule has 0 atom stereocenters. The van der Waals surface area contributed by atoms with Crippen molar-refractivity contribution in [2.45, 2.75) is 0 Å². The highest BCUT2D eigenvalue weighted by molar-refractivity contribution is 5.97. The quantitative estimate of drug-likeness (QED) is 0.681. The largest absolute Gasteiger partial charge is 0.508 e. The molecule has 0 heterocycles. The summed E-state index contributed by atoms with van der Waals surface area (Å²) in [5.41, 5.74) is 0.595. The second-order valence-electron chi connectivity index (χ2n) is 4.23. The molecule has 19 heavy (non-hydrogen) atoms. The van der Waals surface area contributed by atoms with E-state index in [1.54, 1.807) is 26.4 Å². The number of hydrogen-bond acceptors (Lipinski definition) is 5. The Bertz CT molecular complexity index is 370. The van der Waals surface area contributed by atoms with Crippen LogP contribution in [-0.2, 0) is 9.47 Å². The third kappa shape index (κ3) is 5.83. The number of aromatic hydroxyl groups is 1. The van der Waals surface area contributed by atoms with Crippen LogP contribution in [0.3, 0.4) is 0 Å². The van der Waals surface area contributed by atoms with Crippen LogP contribution >= 0.6 is 0 Å². The number of carbonyl (C=O) groups excluding carboxylic acids is 1. The topological polar surface area (TPSA) is 59.0 Å². The summed E-state index contributed by atoms with van der Waals surface area (Å²) in [7, 11) is 3.27. The lowest BCUT2D eigenvalue weighted by Gasteiger charge is -2.20. The van der Waals surface area contributed by atoms with Crippen LogP contribution in [-0.4, -0.2) is 62.9 Å². The van der Waals surface area contributed by atoms with E-state index >= 15 is 0 Å². The predicted molar refractivity (Wildman–Crippen MR) is 72.6 cm³/mol. The van der Waals surface area contributed by atoms with Crippen molar-refractivity contribution < 1.29 is 19.4 Å².